The Kier molecular flexibility index (Phi) is 6.33. The van der Waals surface area contributed by atoms with E-state index in [4.69, 9.17) is 0 Å². The molecule has 144 valence electrons. The third-order valence-electron chi connectivity index (χ3n) is 5.94. The highest BCUT2D eigenvalue weighted by atomic mass is 16.1. The Labute approximate surface area is 163 Å². The molecule has 1 fully saturated rings. The van der Waals surface area contributed by atoms with Crippen molar-refractivity contribution in [3.63, 3.8) is 0 Å². The zero-order valence-electron chi connectivity index (χ0n) is 16.9. The Morgan fingerprint density at radius 1 is 1.22 bits per heavy atom. The zero-order valence-corrected chi connectivity index (χ0v) is 16.9. The van der Waals surface area contributed by atoms with Gasteiger partial charge in [0.05, 0.1) is 0 Å². The standard InChI is InChI=1S/C24H32N2O/c1-19-8-7-9-21(17-20(2)16-19)23(27)25-18-24(12-14-26(3)15-13-24)22-10-5-4-6-11-22/h4-11,16,19H,12-15,17-18H2,1-3H3,(H,25,27)/b8-7?,20-16-,21-9+. The number of likely N-dealkylation sites (tertiary alicyclic amines) is 1. The van der Waals surface area contributed by atoms with Gasteiger partial charge in [-0.15, -0.1) is 0 Å². The number of nitrogens with zero attached hydrogens (tertiary/aromatic N) is 1. The molecule has 1 atom stereocenters. The number of piperidine rings is 1. The molecule has 1 aliphatic carbocycles. The molecule has 3 rings (SSSR count). The lowest BCUT2D eigenvalue weighted by Gasteiger charge is -2.41. The van der Waals surface area contributed by atoms with Crippen LogP contribution in [0.1, 0.15) is 38.7 Å². The summed E-state index contributed by atoms with van der Waals surface area (Å²) in [6.07, 6.45) is 11.2. The van der Waals surface area contributed by atoms with Gasteiger partial charge in [-0.2, -0.15) is 0 Å². The number of allylic oxidation sites excluding steroid dienone is 5. The first-order valence-electron chi connectivity index (χ1n) is 10.1. The van der Waals surface area contributed by atoms with Gasteiger partial charge in [0.1, 0.15) is 0 Å². The van der Waals surface area contributed by atoms with E-state index in [-0.39, 0.29) is 11.3 Å². The molecule has 1 aromatic rings. The number of hydrogen-bond acceptors (Lipinski definition) is 2. The van der Waals surface area contributed by atoms with Crippen molar-refractivity contribution in [2.24, 2.45) is 5.92 Å². The topological polar surface area (TPSA) is 32.3 Å². The van der Waals surface area contributed by atoms with Gasteiger partial charge in [0.25, 0.3) is 0 Å². The largest absolute Gasteiger partial charge is 0.351 e. The van der Waals surface area contributed by atoms with Crippen molar-refractivity contribution in [1.82, 2.24) is 10.2 Å². The minimum atomic E-state index is 0.0286. The molecule has 1 saturated heterocycles. The van der Waals surface area contributed by atoms with E-state index in [2.05, 4.69) is 73.6 Å². The molecule has 1 amide bonds. The van der Waals surface area contributed by atoms with Gasteiger partial charge >= 0.3 is 0 Å². The van der Waals surface area contributed by atoms with E-state index in [1.54, 1.807) is 0 Å². The fourth-order valence-electron chi connectivity index (χ4n) is 4.19. The molecule has 2 aliphatic rings. The summed E-state index contributed by atoms with van der Waals surface area (Å²) in [6, 6.07) is 10.7. The molecule has 3 heteroatoms. The minimum Gasteiger partial charge on any atom is -0.351 e. The van der Waals surface area contributed by atoms with Gasteiger partial charge in [-0.1, -0.05) is 67.1 Å². The van der Waals surface area contributed by atoms with Crippen LogP contribution >= 0.6 is 0 Å². The molecule has 0 radical (unpaired) electrons. The van der Waals surface area contributed by atoms with Crippen LogP contribution in [0.25, 0.3) is 0 Å². The molecule has 1 N–H and O–H groups in total. The number of amides is 1. The second-order valence-electron chi connectivity index (χ2n) is 8.26. The van der Waals surface area contributed by atoms with Crippen molar-refractivity contribution < 1.29 is 4.79 Å². The fourth-order valence-corrected chi connectivity index (χ4v) is 4.19. The molecular formula is C24H32N2O. The van der Waals surface area contributed by atoms with Crippen LogP contribution in [0.3, 0.4) is 0 Å². The maximum atomic E-state index is 12.9. The Hall–Kier alpha value is -2.13. The van der Waals surface area contributed by atoms with Gasteiger partial charge < -0.3 is 10.2 Å². The lowest BCUT2D eigenvalue weighted by molar-refractivity contribution is -0.118. The Bertz CT molecular complexity index is 737. The van der Waals surface area contributed by atoms with Crippen LogP contribution in [-0.4, -0.2) is 37.5 Å². The van der Waals surface area contributed by atoms with E-state index in [0.717, 1.165) is 37.9 Å². The summed E-state index contributed by atoms with van der Waals surface area (Å²) in [6.45, 7) is 7.11. The number of nitrogens with one attached hydrogen (secondary N) is 1. The van der Waals surface area contributed by atoms with Gasteiger partial charge in [0, 0.05) is 17.5 Å². The predicted molar refractivity (Wildman–Crippen MR) is 113 cm³/mol. The van der Waals surface area contributed by atoms with E-state index >= 15 is 0 Å². The normalized spacial score (nSPS) is 26.9. The summed E-state index contributed by atoms with van der Waals surface area (Å²) in [7, 11) is 2.18. The van der Waals surface area contributed by atoms with Crippen molar-refractivity contribution in [1.29, 1.82) is 0 Å². The first-order chi connectivity index (χ1) is 13.0. The number of rotatable bonds is 4. The van der Waals surface area contributed by atoms with E-state index in [1.807, 2.05) is 12.2 Å². The highest BCUT2D eigenvalue weighted by Crippen LogP contribution is 2.34. The van der Waals surface area contributed by atoms with Gasteiger partial charge in [-0.05, 0) is 57.8 Å². The molecule has 1 heterocycles. The van der Waals surface area contributed by atoms with E-state index in [9.17, 15) is 4.79 Å². The molecule has 1 aromatic carbocycles. The van der Waals surface area contributed by atoms with Crippen molar-refractivity contribution in [2.45, 2.75) is 38.5 Å². The summed E-state index contributed by atoms with van der Waals surface area (Å²) < 4.78 is 0. The maximum Gasteiger partial charge on any atom is 0.247 e. The smallest absolute Gasteiger partial charge is 0.247 e. The maximum absolute atomic E-state index is 12.9. The summed E-state index contributed by atoms with van der Waals surface area (Å²) in [5.41, 5.74) is 3.48. The summed E-state index contributed by atoms with van der Waals surface area (Å²) >= 11 is 0. The zero-order chi connectivity index (χ0) is 19.3. The van der Waals surface area contributed by atoms with E-state index in [1.165, 1.54) is 11.1 Å². The van der Waals surface area contributed by atoms with Crippen molar-refractivity contribution in [2.75, 3.05) is 26.7 Å². The summed E-state index contributed by atoms with van der Waals surface area (Å²) in [5.74, 6) is 0.489. The SMILES string of the molecule is C/C1=C/C(C)C=C/C=C(/C(=O)NCC2(c3ccccc3)CCN(C)CC2)C1. The van der Waals surface area contributed by atoms with E-state index < -0.39 is 0 Å². The first-order valence-corrected chi connectivity index (χ1v) is 10.1. The molecule has 0 aromatic heterocycles. The highest BCUT2D eigenvalue weighted by molar-refractivity contribution is 5.94. The van der Waals surface area contributed by atoms with Gasteiger partial charge in [0.15, 0.2) is 0 Å². The molecule has 0 spiro atoms. The molecular weight excluding hydrogens is 332 g/mol. The number of carbonyl (C=O) groups excluding carboxylic acids is 1. The molecule has 0 saturated carbocycles. The molecule has 0 bridgehead atoms. The Morgan fingerprint density at radius 2 is 1.93 bits per heavy atom. The van der Waals surface area contributed by atoms with E-state index in [0.29, 0.717) is 12.5 Å². The summed E-state index contributed by atoms with van der Waals surface area (Å²) in [5, 5.41) is 3.27. The quantitative estimate of drug-likeness (QED) is 0.811. The highest BCUT2D eigenvalue weighted by Gasteiger charge is 2.35. The lowest BCUT2D eigenvalue weighted by Crippen LogP contribution is -2.48. The minimum absolute atomic E-state index is 0.0286. The van der Waals surface area contributed by atoms with Crippen LogP contribution in [0.2, 0.25) is 0 Å². The second-order valence-corrected chi connectivity index (χ2v) is 8.26. The summed E-state index contributed by atoms with van der Waals surface area (Å²) in [4.78, 5) is 15.3. The van der Waals surface area contributed by atoms with Crippen LogP contribution in [0.15, 0.2) is 65.8 Å². The average molecular weight is 365 g/mol. The molecule has 1 aliphatic heterocycles. The average Bonchev–Trinajstić information content (AvgIpc) is 2.66. The van der Waals surface area contributed by atoms with Crippen LogP contribution in [-0.2, 0) is 10.2 Å². The molecule has 27 heavy (non-hydrogen) atoms. The Morgan fingerprint density at radius 3 is 2.63 bits per heavy atom. The number of hydrogen-bond donors (Lipinski definition) is 1. The van der Waals surface area contributed by atoms with Crippen LogP contribution < -0.4 is 5.32 Å². The first kappa shape index (κ1) is 19.6. The van der Waals surface area contributed by atoms with Crippen LogP contribution in [0, 0.1) is 5.92 Å². The fraction of sp³-hybridized carbons (Fsp3) is 0.458. The van der Waals surface area contributed by atoms with Crippen LogP contribution in [0.4, 0.5) is 0 Å². The monoisotopic (exact) mass is 364 g/mol. The van der Waals surface area contributed by atoms with Crippen molar-refractivity contribution in [3.8, 4) is 0 Å². The van der Waals surface area contributed by atoms with Gasteiger partial charge in [-0.25, -0.2) is 0 Å². The molecule has 1 unspecified atom stereocenters. The second kappa shape index (κ2) is 8.71. The third-order valence-corrected chi connectivity index (χ3v) is 5.94. The van der Waals surface area contributed by atoms with Crippen LogP contribution in [0.5, 0.6) is 0 Å². The Balaban J connectivity index is 1.74. The number of benzene rings is 1. The third kappa shape index (κ3) is 4.98. The number of carbonyl (C=O) groups is 1. The van der Waals surface area contributed by atoms with Crippen molar-refractivity contribution in [3.05, 3.63) is 71.3 Å². The molecule has 3 nitrogen and oxygen atoms in total. The lowest BCUT2D eigenvalue weighted by atomic mass is 9.72. The predicted octanol–water partition coefficient (Wildman–Crippen LogP) is 4.23. The van der Waals surface area contributed by atoms with Crippen molar-refractivity contribution >= 4 is 5.91 Å². The van der Waals surface area contributed by atoms with Gasteiger partial charge in [-0.3, -0.25) is 4.79 Å². The van der Waals surface area contributed by atoms with Gasteiger partial charge in [0.2, 0.25) is 5.91 Å².